The van der Waals surface area contributed by atoms with E-state index < -0.39 is 17.4 Å². The highest BCUT2D eigenvalue weighted by atomic mass is 19.4. The van der Waals surface area contributed by atoms with Crippen LogP contribution in [0, 0.1) is 6.92 Å². The lowest BCUT2D eigenvalue weighted by atomic mass is 10.0. The van der Waals surface area contributed by atoms with E-state index in [1.165, 1.54) is 6.92 Å². The minimum absolute atomic E-state index is 0.102. The molecule has 0 aliphatic carbocycles. The predicted octanol–water partition coefficient (Wildman–Crippen LogP) is 1.52. The largest absolute Gasteiger partial charge is 0.417 e. The van der Waals surface area contributed by atoms with Crippen molar-refractivity contribution in [1.29, 1.82) is 0 Å². The summed E-state index contributed by atoms with van der Waals surface area (Å²) in [5, 5.41) is 9.64. The number of hydrogen-bond donors (Lipinski definition) is 3. The number of anilines is 1. The van der Waals surface area contributed by atoms with Crippen LogP contribution in [0.5, 0.6) is 0 Å². The molecule has 4 N–H and O–H groups in total. The second kappa shape index (κ2) is 6.41. The molecule has 1 unspecified atom stereocenters. The Morgan fingerprint density at radius 2 is 2.08 bits per heavy atom. The van der Waals surface area contributed by atoms with Gasteiger partial charge in [0.25, 0.3) is 0 Å². The van der Waals surface area contributed by atoms with Gasteiger partial charge in [0.05, 0.1) is 41.6 Å². The Hall–Kier alpha value is -2.95. The van der Waals surface area contributed by atoms with Crippen molar-refractivity contribution in [3.05, 3.63) is 47.9 Å². The van der Waals surface area contributed by atoms with Crippen molar-refractivity contribution in [2.24, 2.45) is 10.7 Å². The zero-order valence-corrected chi connectivity index (χ0v) is 14.0. The average molecular weight is 366 g/mol. The molecular weight excluding hydrogens is 349 g/mol. The molecule has 2 aromatic rings. The SMILES string of the molecule is Cc1c(NC2=NC(C)(N)C(C(F)(F)F)=CN2)cnn1Cc1cnccn1. The first-order valence-corrected chi connectivity index (χ1v) is 7.64. The minimum atomic E-state index is -4.57. The molecule has 0 bridgehead atoms. The summed E-state index contributed by atoms with van der Waals surface area (Å²) in [6.45, 7) is 3.42. The molecule has 0 radical (unpaired) electrons. The Morgan fingerprint density at radius 1 is 1.31 bits per heavy atom. The Balaban J connectivity index is 1.76. The van der Waals surface area contributed by atoms with Crippen LogP contribution in [0.25, 0.3) is 0 Å². The summed E-state index contributed by atoms with van der Waals surface area (Å²) in [6.07, 6.45) is 2.58. The second-order valence-corrected chi connectivity index (χ2v) is 5.93. The van der Waals surface area contributed by atoms with Crippen molar-refractivity contribution >= 4 is 11.6 Å². The Kier molecular flexibility index (Phi) is 4.40. The lowest BCUT2D eigenvalue weighted by Crippen LogP contribution is -2.49. The van der Waals surface area contributed by atoms with Crippen molar-refractivity contribution < 1.29 is 13.2 Å². The summed E-state index contributed by atoms with van der Waals surface area (Å²) < 4.78 is 40.6. The zero-order chi connectivity index (χ0) is 18.9. The van der Waals surface area contributed by atoms with E-state index in [0.717, 1.165) is 17.6 Å². The zero-order valence-electron chi connectivity index (χ0n) is 14.0. The second-order valence-electron chi connectivity index (χ2n) is 5.93. The van der Waals surface area contributed by atoms with Gasteiger partial charge in [0, 0.05) is 18.6 Å². The highest BCUT2D eigenvalue weighted by Gasteiger charge is 2.45. The van der Waals surface area contributed by atoms with E-state index in [4.69, 9.17) is 5.73 Å². The summed E-state index contributed by atoms with van der Waals surface area (Å²) in [5.74, 6) is 0.102. The molecule has 0 fully saturated rings. The van der Waals surface area contributed by atoms with Gasteiger partial charge in [-0.05, 0) is 13.8 Å². The lowest BCUT2D eigenvalue weighted by molar-refractivity contribution is -0.100. The van der Waals surface area contributed by atoms with Gasteiger partial charge in [0.2, 0.25) is 5.96 Å². The van der Waals surface area contributed by atoms with Crippen LogP contribution < -0.4 is 16.4 Å². The predicted molar refractivity (Wildman–Crippen MR) is 89.0 cm³/mol. The number of aromatic nitrogens is 4. The fourth-order valence-corrected chi connectivity index (χ4v) is 2.47. The molecule has 0 spiro atoms. The molecule has 8 nitrogen and oxygen atoms in total. The summed E-state index contributed by atoms with van der Waals surface area (Å²) >= 11 is 0. The van der Waals surface area contributed by atoms with Crippen molar-refractivity contribution in [3.63, 3.8) is 0 Å². The quantitative estimate of drug-likeness (QED) is 0.761. The van der Waals surface area contributed by atoms with Crippen LogP contribution >= 0.6 is 0 Å². The third-order valence-electron chi connectivity index (χ3n) is 3.83. The van der Waals surface area contributed by atoms with E-state index in [9.17, 15) is 13.2 Å². The minimum Gasteiger partial charge on any atom is -0.332 e. The smallest absolute Gasteiger partial charge is 0.332 e. The van der Waals surface area contributed by atoms with Crippen LogP contribution in [0.2, 0.25) is 0 Å². The Labute approximate surface area is 147 Å². The highest BCUT2D eigenvalue weighted by Crippen LogP contribution is 2.34. The maximum Gasteiger partial charge on any atom is 0.417 e. The van der Waals surface area contributed by atoms with Crippen LogP contribution in [0.3, 0.4) is 0 Å². The van der Waals surface area contributed by atoms with E-state index in [1.54, 1.807) is 29.5 Å². The van der Waals surface area contributed by atoms with Gasteiger partial charge in [-0.2, -0.15) is 18.3 Å². The molecule has 1 aliphatic heterocycles. The lowest BCUT2D eigenvalue weighted by Gasteiger charge is -2.30. The summed E-state index contributed by atoms with van der Waals surface area (Å²) in [4.78, 5) is 12.1. The van der Waals surface area contributed by atoms with Gasteiger partial charge in [-0.25, -0.2) is 4.99 Å². The molecule has 3 rings (SSSR count). The highest BCUT2D eigenvalue weighted by molar-refractivity contribution is 5.95. The van der Waals surface area contributed by atoms with Crippen LogP contribution in [0.4, 0.5) is 18.9 Å². The van der Waals surface area contributed by atoms with Gasteiger partial charge in [0.1, 0.15) is 5.66 Å². The first-order chi connectivity index (χ1) is 12.2. The van der Waals surface area contributed by atoms with Gasteiger partial charge in [-0.3, -0.25) is 14.6 Å². The molecule has 1 atom stereocenters. The molecule has 1 aliphatic rings. The summed E-state index contributed by atoms with van der Waals surface area (Å²) in [5.41, 5.74) is 4.92. The van der Waals surface area contributed by atoms with E-state index in [1.807, 2.05) is 6.92 Å². The maximum atomic E-state index is 13.0. The topological polar surface area (TPSA) is 106 Å². The number of aliphatic imine (C=N–C) groups is 1. The average Bonchev–Trinajstić information content (AvgIpc) is 2.87. The van der Waals surface area contributed by atoms with E-state index in [0.29, 0.717) is 12.2 Å². The number of nitrogens with one attached hydrogen (secondary N) is 2. The van der Waals surface area contributed by atoms with Gasteiger partial charge >= 0.3 is 6.18 Å². The molecule has 0 saturated carbocycles. The number of nitrogens with zero attached hydrogens (tertiary/aromatic N) is 5. The van der Waals surface area contributed by atoms with Gasteiger partial charge in [-0.1, -0.05) is 0 Å². The number of halogens is 3. The molecule has 138 valence electrons. The van der Waals surface area contributed by atoms with Crippen molar-refractivity contribution in [1.82, 2.24) is 25.1 Å². The number of guanidine groups is 1. The third-order valence-corrected chi connectivity index (χ3v) is 3.83. The molecule has 2 aromatic heterocycles. The van der Waals surface area contributed by atoms with Gasteiger partial charge in [-0.15, -0.1) is 0 Å². The summed E-state index contributed by atoms with van der Waals surface area (Å²) in [6, 6.07) is 0. The van der Waals surface area contributed by atoms with Gasteiger partial charge < -0.3 is 16.4 Å². The first kappa shape index (κ1) is 17.9. The monoisotopic (exact) mass is 366 g/mol. The Bertz CT molecular complexity index is 852. The maximum absolute atomic E-state index is 13.0. The first-order valence-electron chi connectivity index (χ1n) is 7.64. The van der Waals surface area contributed by atoms with Gasteiger partial charge in [0.15, 0.2) is 0 Å². The number of rotatable bonds is 3. The number of nitrogens with two attached hydrogens (primary N) is 1. The van der Waals surface area contributed by atoms with Crippen molar-refractivity contribution in [2.75, 3.05) is 5.32 Å². The standard InChI is InChI=1S/C15H17F3N8/c1-9-11(6-23-26(9)8-10-5-20-3-4-21-10)24-13-22-7-12(15(16,17)18)14(2,19)25-13/h3-7H,8,19H2,1-2H3,(H2,22,24,25). The molecule has 26 heavy (non-hydrogen) atoms. The van der Waals surface area contributed by atoms with E-state index in [-0.39, 0.29) is 5.96 Å². The molecule has 3 heterocycles. The van der Waals surface area contributed by atoms with E-state index >= 15 is 0 Å². The fraction of sp³-hybridized carbons (Fsp3) is 0.333. The van der Waals surface area contributed by atoms with Crippen LogP contribution in [-0.4, -0.2) is 37.5 Å². The Morgan fingerprint density at radius 3 is 2.69 bits per heavy atom. The molecular formula is C15H17F3N8. The van der Waals surface area contributed by atoms with Crippen LogP contribution in [0.15, 0.2) is 41.6 Å². The molecule has 0 saturated heterocycles. The normalized spacial score (nSPS) is 20.2. The van der Waals surface area contributed by atoms with Crippen LogP contribution in [-0.2, 0) is 6.54 Å². The molecule has 0 aromatic carbocycles. The number of alkyl halides is 3. The third kappa shape index (κ3) is 3.67. The molecule has 11 heteroatoms. The van der Waals surface area contributed by atoms with E-state index in [2.05, 4.69) is 30.7 Å². The summed E-state index contributed by atoms with van der Waals surface area (Å²) in [7, 11) is 0. The molecule has 0 amide bonds. The van der Waals surface area contributed by atoms with Crippen molar-refractivity contribution in [2.45, 2.75) is 32.2 Å². The fourth-order valence-electron chi connectivity index (χ4n) is 2.47. The van der Waals surface area contributed by atoms with Crippen LogP contribution in [0.1, 0.15) is 18.3 Å². The number of hydrogen-bond acceptors (Lipinski definition) is 7. The van der Waals surface area contributed by atoms with Crippen molar-refractivity contribution in [3.8, 4) is 0 Å².